The minimum Gasteiger partial charge on any atom is -0.459 e. The Hall–Kier alpha value is -1.12. The van der Waals surface area contributed by atoms with Gasteiger partial charge < -0.3 is 4.74 Å². The van der Waals surface area contributed by atoms with Crippen molar-refractivity contribution in [3.63, 3.8) is 0 Å². The van der Waals surface area contributed by atoms with E-state index in [2.05, 4.69) is 6.58 Å². The molecule has 0 spiro atoms. The average molecular weight is 276 g/mol. The normalized spacial score (nSPS) is 37.7. The number of ether oxygens (including phenoxy) is 1. The van der Waals surface area contributed by atoms with E-state index in [4.69, 9.17) is 4.74 Å². The maximum atomic E-state index is 12.0. The van der Waals surface area contributed by atoms with Crippen LogP contribution in [0, 0.1) is 17.8 Å². The number of hydrogen-bond acceptors (Lipinski definition) is 3. The van der Waals surface area contributed by atoms with Gasteiger partial charge in [0.1, 0.15) is 5.60 Å². The molecule has 4 saturated carbocycles. The number of ketones is 1. The van der Waals surface area contributed by atoms with Gasteiger partial charge in [-0.1, -0.05) is 6.58 Å². The van der Waals surface area contributed by atoms with E-state index in [1.807, 2.05) is 0 Å². The molecule has 0 saturated heterocycles. The molecular formula is C17H24O3. The average Bonchev–Trinajstić information content (AvgIpc) is 2.36. The first-order valence-electron chi connectivity index (χ1n) is 7.96. The van der Waals surface area contributed by atoms with Crippen LogP contribution >= 0.6 is 0 Å². The maximum Gasteiger partial charge on any atom is 0.306 e. The molecule has 4 bridgehead atoms. The monoisotopic (exact) mass is 276 g/mol. The Bertz CT molecular complexity index is 389. The lowest BCUT2D eigenvalue weighted by molar-refractivity contribution is -0.186. The first-order valence-corrected chi connectivity index (χ1v) is 7.96. The Morgan fingerprint density at radius 3 is 2.10 bits per heavy atom. The zero-order chi connectivity index (χ0) is 14.2. The molecule has 0 N–H and O–H groups in total. The lowest BCUT2D eigenvalue weighted by Gasteiger charge is -2.55. The summed E-state index contributed by atoms with van der Waals surface area (Å²) in [6.07, 6.45) is 9.96. The first kappa shape index (κ1) is 13.8. The second-order valence-corrected chi connectivity index (χ2v) is 7.10. The van der Waals surface area contributed by atoms with Crippen LogP contribution in [0.25, 0.3) is 0 Å². The summed E-state index contributed by atoms with van der Waals surface area (Å²) in [5, 5.41) is 0. The fourth-order valence-electron chi connectivity index (χ4n) is 4.96. The second-order valence-electron chi connectivity index (χ2n) is 7.10. The molecule has 4 rings (SSSR count). The zero-order valence-electron chi connectivity index (χ0n) is 12.1. The van der Waals surface area contributed by atoms with Gasteiger partial charge in [0.15, 0.2) is 5.78 Å². The van der Waals surface area contributed by atoms with Crippen molar-refractivity contribution in [1.82, 2.24) is 0 Å². The standard InChI is InChI=1S/C17H24O3/c1-2-15(18)4-3-5-16(19)20-17-9-12-6-13(10-17)8-14(7-12)11-17/h2,12-14H,1,3-11H2. The van der Waals surface area contributed by atoms with Crippen LogP contribution in [0.2, 0.25) is 0 Å². The van der Waals surface area contributed by atoms with E-state index in [1.165, 1.54) is 25.3 Å². The van der Waals surface area contributed by atoms with Gasteiger partial charge in [0.2, 0.25) is 0 Å². The quantitative estimate of drug-likeness (QED) is 0.551. The van der Waals surface area contributed by atoms with Crippen LogP contribution in [0.3, 0.4) is 0 Å². The molecule has 0 unspecified atom stereocenters. The number of esters is 1. The zero-order valence-corrected chi connectivity index (χ0v) is 12.1. The SMILES string of the molecule is C=CC(=O)CCCC(=O)OC12CC3CC(CC(C3)C1)C2. The number of rotatable bonds is 6. The van der Waals surface area contributed by atoms with Crippen LogP contribution in [0.5, 0.6) is 0 Å². The van der Waals surface area contributed by atoms with E-state index in [1.54, 1.807) is 0 Å². The number of carbonyl (C=O) groups excluding carboxylic acids is 2. The summed E-state index contributed by atoms with van der Waals surface area (Å²) in [4.78, 5) is 23.2. The summed E-state index contributed by atoms with van der Waals surface area (Å²) in [5.41, 5.74) is -0.145. The third-order valence-corrected chi connectivity index (χ3v) is 5.34. The highest BCUT2D eigenvalue weighted by molar-refractivity contribution is 5.89. The van der Waals surface area contributed by atoms with Gasteiger partial charge in [-0.3, -0.25) is 9.59 Å². The van der Waals surface area contributed by atoms with Crippen molar-refractivity contribution in [1.29, 1.82) is 0 Å². The van der Waals surface area contributed by atoms with Crippen molar-refractivity contribution >= 4 is 11.8 Å². The lowest BCUT2D eigenvalue weighted by Crippen LogP contribution is -2.52. The number of carbonyl (C=O) groups is 2. The van der Waals surface area contributed by atoms with Gasteiger partial charge in [-0.15, -0.1) is 0 Å². The molecule has 0 heterocycles. The number of hydrogen-bond donors (Lipinski definition) is 0. The molecule has 0 aromatic carbocycles. The maximum absolute atomic E-state index is 12.0. The van der Waals surface area contributed by atoms with Crippen molar-refractivity contribution in [2.75, 3.05) is 0 Å². The summed E-state index contributed by atoms with van der Waals surface area (Å²) in [5.74, 6) is 2.26. The van der Waals surface area contributed by atoms with E-state index in [9.17, 15) is 9.59 Å². The van der Waals surface area contributed by atoms with Crippen LogP contribution < -0.4 is 0 Å². The molecule has 0 amide bonds. The van der Waals surface area contributed by atoms with E-state index < -0.39 is 0 Å². The summed E-state index contributed by atoms with van der Waals surface area (Å²) < 4.78 is 5.89. The fraction of sp³-hybridized carbons (Fsp3) is 0.765. The largest absolute Gasteiger partial charge is 0.459 e. The predicted octanol–water partition coefficient (Wildman–Crippen LogP) is 3.42. The molecule has 110 valence electrons. The molecule has 4 aliphatic carbocycles. The summed E-state index contributed by atoms with van der Waals surface area (Å²) in [6.45, 7) is 3.44. The molecule has 0 aromatic heterocycles. The molecule has 0 radical (unpaired) electrons. The fourth-order valence-corrected chi connectivity index (χ4v) is 4.96. The van der Waals surface area contributed by atoms with E-state index in [-0.39, 0.29) is 17.4 Å². The van der Waals surface area contributed by atoms with Crippen molar-refractivity contribution in [2.45, 2.75) is 63.4 Å². The molecule has 20 heavy (non-hydrogen) atoms. The van der Waals surface area contributed by atoms with Crippen molar-refractivity contribution in [3.05, 3.63) is 12.7 Å². The number of allylic oxidation sites excluding steroid dienone is 1. The van der Waals surface area contributed by atoms with Crippen molar-refractivity contribution in [2.24, 2.45) is 17.8 Å². The summed E-state index contributed by atoms with van der Waals surface area (Å²) in [6, 6.07) is 0. The minimum absolute atomic E-state index is 0.00704. The van der Waals surface area contributed by atoms with Gasteiger partial charge in [-0.05, 0) is 68.8 Å². The van der Waals surface area contributed by atoms with Gasteiger partial charge in [-0.25, -0.2) is 0 Å². The first-order chi connectivity index (χ1) is 9.58. The van der Waals surface area contributed by atoms with Crippen molar-refractivity contribution < 1.29 is 14.3 Å². The predicted molar refractivity (Wildman–Crippen MR) is 76.1 cm³/mol. The second kappa shape index (κ2) is 5.34. The highest BCUT2D eigenvalue weighted by Gasteiger charge is 2.53. The van der Waals surface area contributed by atoms with Crippen LogP contribution in [-0.4, -0.2) is 17.4 Å². The highest BCUT2D eigenvalue weighted by atomic mass is 16.6. The molecule has 3 nitrogen and oxygen atoms in total. The Morgan fingerprint density at radius 2 is 1.60 bits per heavy atom. The van der Waals surface area contributed by atoms with E-state index in [0.717, 1.165) is 37.0 Å². The Kier molecular flexibility index (Phi) is 3.70. The third kappa shape index (κ3) is 2.82. The molecule has 0 atom stereocenters. The van der Waals surface area contributed by atoms with Crippen molar-refractivity contribution in [3.8, 4) is 0 Å². The van der Waals surface area contributed by atoms with Gasteiger partial charge in [0.25, 0.3) is 0 Å². The van der Waals surface area contributed by atoms with Crippen LogP contribution in [0.4, 0.5) is 0 Å². The topological polar surface area (TPSA) is 43.4 Å². The molecular weight excluding hydrogens is 252 g/mol. The van der Waals surface area contributed by atoms with Gasteiger partial charge in [-0.2, -0.15) is 0 Å². The molecule has 3 heteroatoms. The van der Waals surface area contributed by atoms with Crippen LogP contribution in [0.15, 0.2) is 12.7 Å². The summed E-state index contributed by atoms with van der Waals surface area (Å²) in [7, 11) is 0. The van der Waals surface area contributed by atoms with Crippen LogP contribution in [0.1, 0.15) is 57.8 Å². The van der Waals surface area contributed by atoms with Crippen LogP contribution in [-0.2, 0) is 14.3 Å². The van der Waals surface area contributed by atoms with E-state index in [0.29, 0.717) is 19.3 Å². The molecule has 4 fully saturated rings. The Balaban J connectivity index is 1.51. The van der Waals surface area contributed by atoms with Gasteiger partial charge in [0.05, 0.1) is 0 Å². The Morgan fingerprint density at radius 1 is 1.05 bits per heavy atom. The molecule has 0 aromatic rings. The third-order valence-electron chi connectivity index (χ3n) is 5.34. The lowest BCUT2D eigenvalue weighted by atomic mass is 9.54. The van der Waals surface area contributed by atoms with E-state index >= 15 is 0 Å². The minimum atomic E-state index is -0.145. The summed E-state index contributed by atoms with van der Waals surface area (Å²) >= 11 is 0. The highest BCUT2D eigenvalue weighted by Crippen LogP contribution is 2.57. The Labute approximate surface area is 120 Å². The molecule has 0 aliphatic heterocycles. The van der Waals surface area contributed by atoms with Gasteiger partial charge >= 0.3 is 5.97 Å². The van der Waals surface area contributed by atoms with Gasteiger partial charge in [0, 0.05) is 12.8 Å². The smallest absolute Gasteiger partial charge is 0.306 e. The molecule has 4 aliphatic rings.